The summed E-state index contributed by atoms with van der Waals surface area (Å²) in [6.45, 7) is 0.143. The van der Waals surface area contributed by atoms with Crippen molar-refractivity contribution in [1.29, 1.82) is 0 Å². The molecule has 2 N–H and O–H groups in total. The van der Waals surface area contributed by atoms with Crippen molar-refractivity contribution in [1.82, 2.24) is 4.31 Å². The van der Waals surface area contributed by atoms with E-state index in [4.69, 9.17) is 5.73 Å². The molecule has 8 heteroatoms. The van der Waals surface area contributed by atoms with Gasteiger partial charge in [-0.15, -0.1) is 0 Å². The molecule has 0 saturated heterocycles. The number of nitrogens with two attached hydrogens (primary N) is 1. The highest BCUT2D eigenvalue weighted by Crippen LogP contribution is 2.14. The molecule has 0 amide bonds. The topological polar surface area (TPSA) is 97.5 Å². The van der Waals surface area contributed by atoms with Crippen molar-refractivity contribution in [3.63, 3.8) is 0 Å². The van der Waals surface area contributed by atoms with E-state index in [0.29, 0.717) is 5.56 Å². The lowest BCUT2D eigenvalue weighted by atomic mass is 10.2. The number of nitrogens with zero attached hydrogens (tertiary/aromatic N) is 1. The van der Waals surface area contributed by atoms with Crippen LogP contribution in [0.2, 0.25) is 0 Å². The molecule has 0 aliphatic rings. The smallest absolute Gasteiger partial charge is 0.242 e. The van der Waals surface area contributed by atoms with E-state index in [0.717, 1.165) is 10.6 Å². The quantitative estimate of drug-likeness (QED) is 0.745. The Balaban J connectivity index is 2.92. The number of hydrogen-bond acceptors (Lipinski definition) is 5. The summed E-state index contributed by atoms with van der Waals surface area (Å²) in [5.41, 5.74) is 5.92. The number of benzene rings is 1. The van der Waals surface area contributed by atoms with Gasteiger partial charge >= 0.3 is 0 Å². The molecule has 0 unspecified atom stereocenters. The van der Waals surface area contributed by atoms with Gasteiger partial charge in [-0.1, -0.05) is 11.8 Å². The van der Waals surface area contributed by atoms with Crippen molar-refractivity contribution in [2.45, 2.75) is 4.90 Å². The minimum atomic E-state index is -3.70. The Bertz CT molecular complexity index is 742. The van der Waals surface area contributed by atoms with E-state index in [1.165, 1.54) is 19.2 Å². The summed E-state index contributed by atoms with van der Waals surface area (Å²) in [5.74, 6) is 5.25. The van der Waals surface area contributed by atoms with Gasteiger partial charge in [0.15, 0.2) is 0 Å². The van der Waals surface area contributed by atoms with E-state index in [1.54, 1.807) is 12.1 Å². The average molecular weight is 330 g/mol. The molecule has 116 valence electrons. The average Bonchev–Trinajstić information content (AvgIpc) is 2.42. The Kier molecular flexibility index (Phi) is 5.92. The summed E-state index contributed by atoms with van der Waals surface area (Å²) >= 11 is 0. The zero-order valence-corrected chi connectivity index (χ0v) is 13.5. The van der Waals surface area contributed by atoms with Crippen LogP contribution < -0.4 is 5.73 Å². The van der Waals surface area contributed by atoms with Gasteiger partial charge in [-0.3, -0.25) is 0 Å². The predicted molar refractivity (Wildman–Crippen MR) is 81.9 cm³/mol. The number of sulfonamides is 1. The molecule has 0 saturated carbocycles. The van der Waals surface area contributed by atoms with Crippen molar-refractivity contribution < 1.29 is 16.8 Å². The van der Waals surface area contributed by atoms with Crippen molar-refractivity contribution in [3.8, 4) is 11.8 Å². The first-order valence-electron chi connectivity index (χ1n) is 6.10. The second-order valence-electron chi connectivity index (χ2n) is 4.49. The van der Waals surface area contributed by atoms with Crippen LogP contribution in [0.1, 0.15) is 5.56 Å². The second-order valence-corrected chi connectivity index (χ2v) is 8.79. The molecule has 6 nitrogen and oxygen atoms in total. The highest BCUT2D eigenvalue weighted by Gasteiger charge is 2.21. The Morgan fingerprint density at radius 2 is 1.71 bits per heavy atom. The lowest BCUT2D eigenvalue weighted by Crippen LogP contribution is -2.31. The minimum absolute atomic E-state index is 0.0874. The Hall–Kier alpha value is -1.40. The van der Waals surface area contributed by atoms with E-state index in [-0.39, 0.29) is 23.7 Å². The Morgan fingerprint density at radius 1 is 1.14 bits per heavy atom. The standard InChI is InChI=1S/C13H18N2O4S2/c1-15(10-11-20(2,16)17)21(18,19)13-7-5-12(6-8-13)4-3-9-14/h5-8H,9-11,14H2,1-2H3. The zero-order valence-electron chi connectivity index (χ0n) is 11.9. The molecule has 0 spiro atoms. The summed E-state index contributed by atoms with van der Waals surface area (Å²) in [7, 11) is -5.57. The second kappa shape index (κ2) is 7.04. The van der Waals surface area contributed by atoms with Gasteiger partial charge in [0.05, 0.1) is 17.2 Å². The predicted octanol–water partition coefficient (Wildman–Crippen LogP) is -0.338. The number of hydrogen-bond donors (Lipinski definition) is 1. The largest absolute Gasteiger partial charge is 0.320 e. The summed E-state index contributed by atoms with van der Waals surface area (Å²) in [6, 6.07) is 6.04. The van der Waals surface area contributed by atoms with Crippen molar-refractivity contribution in [2.75, 3.05) is 32.1 Å². The van der Waals surface area contributed by atoms with Crippen molar-refractivity contribution in [3.05, 3.63) is 29.8 Å². The van der Waals surface area contributed by atoms with Crippen molar-refractivity contribution >= 4 is 19.9 Å². The van der Waals surface area contributed by atoms with Crippen molar-refractivity contribution in [2.24, 2.45) is 5.73 Å². The molecule has 0 heterocycles. The van der Waals surface area contributed by atoms with Crippen LogP contribution in [0.3, 0.4) is 0 Å². The highest BCUT2D eigenvalue weighted by atomic mass is 32.2. The summed E-state index contributed by atoms with van der Waals surface area (Å²) < 4.78 is 47.7. The summed E-state index contributed by atoms with van der Waals surface area (Å²) in [4.78, 5) is 0.0943. The molecular formula is C13H18N2O4S2. The molecule has 1 aromatic carbocycles. The third-order valence-electron chi connectivity index (χ3n) is 2.67. The van der Waals surface area contributed by atoms with Gasteiger partial charge in [-0.25, -0.2) is 16.8 Å². The van der Waals surface area contributed by atoms with Gasteiger partial charge in [0.1, 0.15) is 9.84 Å². The van der Waals surface area contributed by atoms with Crippen LogP contribution in [0.25, 0.3) is 0 Å². The summed E-state index contributed by atoms with van der Waals surface area (Å²) in [6.07, 6.45) is 1.07. The third-order valence-corrected chi connectivity index (χ3v) is 5.47. The maximum absolute atomic E-state index is 12.2. The lowest BCUT2D eigenvalue weighted by Gasteiger charge is -2.16. The molecular weight excluding hydrogens is 312 g/mol. The molecule has 0 bridgehead atoms. The van der Waals surface area contributed by atoms with Gasteiger partial charge in [-0.2, -0.15) is 4.31 Å². The molecule has 0 aliphatic carbocycles. The first kappa shape index (κ1) is 17.7. The van der Waals surface area contributed by atoms with E-state index < -0.39 is 19.9 Å². The fraction of sp³-hybridized carbons (Fsp3) is 0.385. The Morgan fingerprint density at radius 3 is 2.19 bits per heavy atom. The van der Waals surface area contributed by atoms with Crippen LogP contribution in [0.5, 0.6) is 0 Å². The van der Waals surface area contributed by atoms with E-state index in [2.05, 4.69) is 11.8 Å². The maximum atomic E-state index is 12.2. The number of rotatable bonds is 5. The molecule has 0 aromatic heterocycles. The van der Waals surface area contributed by atoms with Gasteiger partial charge in [0, 0.05) is 25.4 Å². The normalized spacial score (nSPS) is 12.0. The molecule has 0 aliphatic heterocycles. The maximum Gasteiger partial charge on any atom is 0.242 e. The SMILES string of the molecule is CN(CCS(C)(=O)=O)S(=O)(=O)c1ccc(C#CCN)cc1. The van der Waals surface area contributed by atoms with Crippen LogP contribution >= 0.6 is 0 Å². The third kappa shape index (κ3) is 5.47. The van der Waals surface area contributed by atoms with Crippen LogP contribution in [-0.2, 0) is 19.9 Å². The van der Waals surface area contributed by atoms with E-state index in [1.807, 2.05) is 0 Å². The van der Waals surface area contributed by atoms with Gasteiger partial charge in [-0.05, 0) is 24.3 Å². The lowest BCUT2D eigenvalue weighted by molar-refractivity contribution is 0.485. The first-order chi connectivity index (χ1) is 9.66. The highest BCUT2D eigenvalue weighted by molar-refractivity contribution is 7.91. The minimum Gasteiger partial charge on any atom is -0.320 e. The molecule has 0 atom stereocenters. The van der Waals surface area contributed by atoms with Gasteiger partial charge < -0.3 is 5.73 Å². The van der Waals surface area contributed by atoms with E-state index in [9.17, 15) is 16.8 Å². The fourth-order valence-corrected chi connectivity index (χ4v) is 3.35. The molecule has 0 radical (unpaired) electrons. The van der Waals surface area contributed by atoms with Crippen LogP contribution in [0.15, 0.2) is 29.2 Å². The molecule has 21 heavy (non-hydrogen) atoms. The van der Waals surface area contributed by atoms with Gasteiger partial charge in [0.2, 0.25) is 10.0 Å². The van der Waals surface area contributed by atoms with Crippen LogP contribution in [-0.4, -0.2) is 53.3 Å². The van der Waals surface area contributed by atoms with E-state index >= 15 is 0 Å². The molecule has 1 rings (SSSR count). The van der Waals surface area contributed by atoms with Crippen LogP contribution in [0, 0.1) is 11.8 Å². The zero-order chi connectivity index (χ0) is 16.1. The molecule has 0 fully saturated rings. The Labute approximate surface area is 125 Å². The number of sulfone groups is 1. The summed E-state index contributed by atoms with van der Waals surface area (Å²) in [5, 5.41) is 0. The monoisotopic (exact) mass is 330 g/mol. The fourth-order valence-electron chi connectivity index (χ4n) is 1.46. The van der Waals surface area contributed by atoms with Crippen LogP contribution in [0.4, 0.5) is 0 Å². The first-order valence-corrected chi connectivity index (χ1v) is 9.60. The molecule has 1 aromatic rings. The van der Waals surface area contributed by atoms with Gasteiger partial charge in [0.25, 0.3) is 0 Å².